The summed E-state index contributed by atoms with van der Waals surface area (Å²) in [5.41, 5.74) is 7.34. The summed E-state index contributed by atoms with van der Waals surface area (Å²) in [6.45, 7) is 4.57. The van der Waals surface area contributed by atoms with Crippen molar-refractivity contribution in [3.8, 4) is 0 Å². The monoisotopic (exact) mass is 283 g/mol. The largest absolute Gasteiger partial charge is 0.327 e. The van der Waals surface area contributed by atoms with E-state index in [9.17, 15) is 4.39 Å². The van der Waals surface area contributed by atoms with Crippen molar-refractivity contribution in [1.82, 2.24) is 0 Å². The first-order chi connectivity index (χ1) is 8.97. The van der Waals surface area contributed by atoms with Crippen molar-refractivity contribution in [2.45, 2.75) is 45.6 Å². The quantitative estimate of drug-likeness (QED) is 0.873. The molecule has 1 nitrogen and oxygen atoms in total. The highest BCUT2D eigenvalue weighted by Crippen LogP contribution is 2.35. The summed E-state index contributed by atoms with van der Waals surface area (Å²) in [6, 6.07) is 5.28. The van der Waals surface area contributed by atoms with E-state index in [-0.39, 0.29) is 16.9 Å². The molecule has 0 radical (unpaired) electrons. The van der Waals surface area contributed by atoms with Crippen molar-refractivity contribution in [2.24, 2.45) is 23.5 Å². The van der Waals surface area contributed by atoms with Crippen molar-refractivity contribution >= 4 is 11.6 Å². The molecule has 1 fully saturated rings. The SMILES string of the molecule is CC(C)C1CCC(N)C(Cc2ccc(F)c(Cl)c2)C1. The molecule has 3 heteroatoms. The Kier molecular flexibility index (Phi) is 4.86. The molecule has 1 aliphatic carbocycles. The van der Waals surface area contributed by atoms with Crippen LogP contribution in [0.2, 0.25) is 5.02 Å². The zero-order valence-electron chi connectivity index (χ0n) is 11.7. The molecule has 0 saturated heterocycles. The maximum absolute atomic E-state index is 13.2. The Bertz CT molecular complexity index is 433. The summed E-state index contributed by atoms with van der Waals surface area (Å²) < 4.78 is 13.2. The van der Waals surface area contributed by atoms with Gasteiger partial charge in [0, 0.05) is 6.04 Å². The van der Waals surface area contributed by atoms with Crippen LogP contribution in [0.4, 0.5) is 4.39 Å². The lowest BCUT2D eigenvalue weighted by molar-refractivity contribution is 0.189. The molecule has 0 amide bonds. The molecule has 0 aliphatic heterocycles. The van der Waals surface area contributed by atoms with Gasteiger partial charge in [0.05, 0.1) is 5.02 Å². The highest BCUT2D eigenvalue weighted by molar-refractivity contribution is 6.30. The topological polar surface area (TPSA) is 26.0 Å². The second kappa shape index (κ2) is 6.23. The van der Waals surface area contributed by atoms with Gasteiger partial charge in [-0.3, -0.25) is 0 Å². The minimum Gasteiger partial charge on any atom is -0.327 e. The molecule has 0 aromatic heterocycles. The zero-order valence-corrected chi connectivity index (χ0v) is 12.5. The van der Waals surface area contributed by atoms with Crippen LogP contribution in [0.3, 0.4) is 0 Å². The fourth-order valence-electron chi connectivity index (χ4n) is 3.13. The minimum absolute atomic E-state index is 0.210. The van der Waals surface area contributed by atoms with Crippen LogP contribution in [0.15, 0.2) is 18.2 Å². The summed E-state index contributed by atoms with van der Waals surface area (Å²) in [6.07, 6.45) is 4.42. The first-order valence-corrected chi connectivity index (χ1v) is 7.54. The van der Waals surface area contributed by atoms with Crippen molar-refractivity contribution in [3.63, 3.8) is 0 Å². The summed E-state index contributed by atoms with van der Waals surface area (Å²) in [4.78, 5) is 0. The van der Waals surface area contributed by atoms with Gasteiger partial charge in [0.1, 0.15) is 5.82 Å². The van der Waals surface area contributed by atoms with Crippen molar-refractivity contribution in [2.75, 3.05) is 0 Å². The van der Waals surface area contributed by atoms with Gasteiger partial charge in [-0.25, -0.2) is 4.39 Å². The first-order valence-electron chi connectivity index (χ1n) is 7.17. The van der Waals surface area contributed by atoms with E-state index in [1.807, 2.05) is 6.07 Å². The van der Waals surface area contributed by atoms with Crippen LogP contribution in [0, 0.1) is 23.6 Å². The van der Waals surface area contributed by atoms with E-state index in [0.717, 1.165) is 24.3 Å². The summed E-state index contributed by atoms with van der Waals surface area (Å²) in [5.74, 6) is 1.62. The van der Waals surface area contributed by atoms with Crippen LogP contribution in [-0.4, -0.2) is 6.04 Å². The Balaban J connectivity index is 2.05. The summed E-state index contributed by atoms with van der Waals surface area (Å²) in [5, 5.41) is 0.210. The molecule has 0 bridgehead atoms. The van der Waals surface area contributed by atoms with Gasteiger partial charge in [-0.05, 0) is 61.1 Å². The maximum atomic E-state index is 13.2. The summed E-state index contributed by atoms with van der Waals surface area (Å²) in [7, 11) is 0. The molecule has 0 heterocycles. The number of benzene rings is 1. The van der Waals surface area contributed by atoms with Gasteiger partial charge in [-0.2, -0.15) is 0 Å². The Morgan fingerprint density at radius 1 is 1.37 bits per heavy atom. The average molecular weight is 284 g/mol. The average Bonchev–Trinajstić information content (AvgIpc) is 2.36. The normalized spacial score (nSPS) is 27.8. The standard InChI is InChI=1S/C16H23ClFN/c1-10(2)12-4-6-16(19)13(9-12)7-11-3-5-15(18)14(17)8-11/h3,5,8,10,12-13,16H,4,6-7,9,19H2,1-2H3. The lowest BCUT2D eigenvalue weighted by atomic mass is 9.72. The molecule has 3 unspecified atom stereocenters. The molecular weight excluding hydrogens is 261 g/mol. The van der Waals surface area contributed by atoms with Gasteiger partial charge in [-0.1, -0.05) is 31.5 Å². The Hall–Kier alpha value is -0.600. The molecule has 2 N–H and O–H groups in total. The second-order valence-corrected chi connectivity index (χ2v) is 6.60. The molecule has 1 aliphatic rings. The van der Waals surface area contributed by atoms with Crippen molar-refractivity contribution in [1.29, 1.82) is 0 Å². The van der Waals surface area contributed by atoms with E-state index in [4.69, 9.17) is 17.3 Å². The number of hydrogen-bond acceptors (Lipinski definition) is 1. The predicted octanol–water partition coefficient (Wildman–Crippen LogP) is 4.42. The van der Waals surface area contributed by atoms with Gasteiger partial charge in [-0.15, -0.1) is 0 Å². The number of halogens is 2. The third kappa shape index (κ3) is 3.70. The fraction of sp³-hybridized carbons (Fsp3) is 0.625. The second-order valence-electron chi connectivity index (χ2n) is 6.19. The van der Waals surface area contributed by atoms with Gasteiger partial charge >= 0.3 is 0 Å². The smallest absolute Gasteiger partial charge is 0.141 e. The fourth-order valence-corrected chi connectivity index (χ4v) is 3.34. The molecule has 1 aromatic carbocycles. The molecule has 106 valence electrons. The summed E-state index contributed by atoms with van der Waals surface area (Å²) >= 11 is 5.84. The third-order valence-corrected chi connectivity index (χ3v) is 4.80. The Labute approximate surface area is 120 Å². The van der Waals surface area contributed by atoms with Crippen LogP contribution in [0.5, 0.6) is 0 Å². The van der Waals surface area contributed by atoms with Gasteiger partial charge < -0.3 is 5.73 Å². The van der Waals surface area contributed by atoms with Crippen LogP contribution < -0.4 is 5.73 Å². The molecule has 19 heavy (non-hydrogen) atoms. The lowest BCUT2D eigenvalue weighted by Gasteiger charge is -2.36. The van der Waals surface area contributed by atoms with Crippen molar-refractivity contribution < 1.29 is 4.39 Å². The van der Waals surface area contributed by atoms with Crippen LogP contribution >= 0.6 is 11.6 Å². The lowest BCUT2D eigenvalue weighted by Crippen LogP contribution is -2.38. The Morgan fingerprint density at radius 2 is 2.11 bits per heavy atom. The van der Waals surface area contributed by atoms with E-state index in [2.05, 4.69) is 13.8 Å². The van der Waals surface area contributed by atoms with Crippen molar-refractivity contribution in [3.05, 3.63) is 34.6 Å². The zero-order chi connectivity index (χ0) is 14.0. The van der Waals surface area contributed by atoms with E-state index in [1.165, 1.54) is 18.9 Å². The van der Waals surface area contributed by atoms with E-state index < -0.39 is 0 Å². The first kappa shape index (κ1) is 14.8. The molecule has 3 atom stereocenters. The van der Waals surface area contributed by atoms with E-state index >= 15 is 0 Å². The number of nitrogens with two attached hydrogens (primary N) is 1. The van der Waals surface area contributed by atoms with E-state index in [1.54, 1.807) is 6.07 Å². The highest BCUT2D eigenvalue weighted by atomic mass is 35.5. The predicted molar refractivity (Wildman–Crippen MR) is 78.8 cm³/mol. The Morgan fingerprint density at radius 3 is 2.74 bits per heavy atom. The van der Waals surface area contributed by atoms with Crippen LogP contribution in [0.25, 0.3) is 0 Å². The van der Waals surface area contributed by atoms with Gasteiger partial charge in [0.15, 0.2) is 0 Å². The highest BCUT2D eigenvalue weighted by Gasteiger charge is 2.29. The van der Waals surface area contributed by atoms with Crippen LogP contribution in [-0.2, 0) is 6.42 Å². The van der Waals surface area contributed by atoms with Gasteiger partial charge in [0.2, 0.25) is 0 Å². The molecule has 0 spiro atoms. The molecule has 1 saturated carbocycles. The minimum atomic E-state index is -0.349. The van der Waals surface area contributed by atoms with Gasteiger partial charge in [0.25, 0.3) is 0 Å². The molecule has 2 rings (SSSR count). The molecular formula is C16H23ClFN. The number of hydrogen-bond donors (Lipinski definition) is 1. The number of rotatable bonds is 3. The van der Waals surface area contributed by atoms with E-state index in [0.29, 0.717) is 11.8 Å². The maximum Gasteiger partial charge on any atom is 0.141 e. The van der Waals surface area contributed by atoms with Crippen LogP contribution in [0.1, 0.15) is 38.7 Å². The third-order valence-electron chi connectivity index (χ3n) is 4.51. The molecule has 1 aromatic rings.